The summed E-state index contributed by atoms with van der Waals surface area (Å²) in [5.41, 5.74) is 14.2. The van der Waals surface area contributed by atoms with Crippen LogP contribution in [0.2, 0.25) is 0 Å². The summed E-state index contributed by atoms with van der Waals surface area (Å²) < 4.78 is 0. The Morgan fingerprint density at radius 2 is 1.85 bits per heavy atom. The molecule has 1 aromatic heterocycles. The van der Waals surface area contributed by atoms with E-state index in [1.807, 2.05) is 0 Å². The van der Waals surface area contributed by atoms with Crippen molar-refractivity contribution in [3.8, 4) is 0 Å². The van der Waals surface area contributed by atoms with E-state index in [1.165, 1.54) is 5.56 Å². The zero-order chi connectivity index (χ0) is 14.4. The molecule has 1 heterocycles. The van der Waals surface area contributed by atoms with E-state index < -0.39 is 5.91 Å². The second kappa shape index (κ2) is 6.68. The molecule has 20 heavy (non-hydrogen) atoms. The molecule has 1 amide bonds. The van der Waals surface area contributed by atoms with Gasteiger partial charge >= 0.3 is 0 Å². The molecule has 1 aromatic carbocycles. The minimum absolute atomic E-state index is 0.258. The van der Waals surface area contributed by atoms with Crippen molar-refractivity contribution in [2.24, 2.45) is 11.5 Å². The number of nitrogens with zero attached hydrogens (tertiary/aromatic N) is 1. The Bertz CT molecular complexity index is 581. The molecule has 0 saturated carbocycles. The highest BCUT2D eigenvalue weighted by atomic mass is 16.1. The third-order valence-corrected chi connectivity index (χ3v) is 2.97. The van der Waals surface area contributed by atoms with Crippen LogP contribution in [-0.4, -0.2) is 17.4 Å². The summed E-state index contributed by atoms with van der Waals surface area (Å²) in [6.07, 6.45) is 2.45. The predicted octanol–water partition coefficient (Wildman–Crippen LogP) is 1.29. The van der Waals surface area contributed by atoms with Gasteiger partial charge in [-0.05, 0) is 36.2 Å². The number of amides is 1. The first-order valence-corrected chi connectivity index (χ1v) is 6.46. The van der Waals surface area contributed by atoms with Gasteiger partial charge in [0.15, 0.2) is 0 Å². The van der Waals surface area contributed by atoms with Crippen LogP contribution in [0.25, 0.3) is 0 Å². The van der Waals surface area contributed by atoms with Crippen LogP contribution in [-0.2, 0) is 13.0 Å². The van der Waals surface area contributed by atoms with Crippen molar-refractivity contribution in [3.05, 3.63) is 59.4 Å². The zero-order valence-electron chi connectivity index (χ0n) is 11.2. The van der Waals surface area contributed by atoms with Crippen molar-refractivity contribution in [1.82, 2.24) is 4.98 Å². The number of carbonyl (C=O) groups excluding carboxylic acids is 1. The maximum absolute atomic E-state index is 11.0. The first kappa shape index (κ1) is 14.0. The highest BCUT2D eigenvalue weighted by molar-refractivity contribution is 5.91. The van der Waals surface area contributed by atoms with E-state index in [1.54, 1.807) is 18.3 Å². The van der Waals surface area contributed by atoms with Gasteiger partial charge in [-0.25, -0.2) is 0 Å². The maximum atomic E-state index is 11.0. The molecule has 0 atom stereocenters. The Morgan fingerprint density at radius 1 is 1.15 bits per heavy atom. The quantitative estimate of drug-likeness (QED) is 0.737. The first-order valence-electron chi connectivity index (χ1n) is 6.46. The predicted molar refractivity (Wildman–Crippen MR) is 79.3 cm³/mol. The van der Waals surface area contributed by atoms with E-state index in [0.717, 1.165) is 17.7 Å². The number of hydrogen-bond acceptors (Lipinski definition) is 4. The highest BCUT2D eigenvalue weighted by Crippen LogP contribution is 2.11. The number of benzene rings is 1. The van der Waals surface area contributed by atoms with Crippen molar-refractivity contribution >= 4 is 11.6 Å². The van der Waals surface area contributed by atoms with E-state index in [2.05, 4.69) is 34.6 Å². The first-order chi connectivity index (χ1) is 9.69. The molecule has 5 N–H and O–H groups in total. The molecule has 2 rings (SSSR count). The Hall–Kier alpha value is -2.40. The molecule has 5 nitrogen and oxygen atoms in total. The van der Waals surface area contributed by atoms with E-state index >= 15 is 0 Å². The van der Waals surface area contributed by atoms with Crippen LogP contribution in [0.3, 0.4) is 0 Å². The molecule has 104 valence electrons. The number of aromatic nitrogens is 1. The van der Waals surface area contributed by atoms with E-state index in [9.17, 15) is 4.79 Å². The fraction of sp³-hybridized carbons (Fsp3) is 0.200. The number of nitrogens with two attached hydrogens (primary N) is 2. The summed E-state index contributed by atoms with van der Waals surface area (Å²) in [5, 5.41) is 3.24. The second-order valence-electron chi connectivity index (χ2n) is 4.50. The standard InChI is InChI=1S/C15H18N4O/c16-7-5-11-1-3-12(4-2-11)10-19-13-6-8-18-14(9-13)15(17)20/h1-4,6,8-9H,5,7,10,16H2,(H2,17,20)(H,18,19). The van der Waals surface area contributed by atoms with Crippen LogP contribution >= 0.6 is 0 Å². The molecule has 2 aromatic rings. The molecule has 0 bridgehead atoms. The van der Waals surface area contributed by atoms with Crippen molar-refractivity contribution in [2.45, 2.75) is 13.0 Å². The molecule has 0 radical (unpaired) electrons. The summed E-state index contributed by atoms with van der Waals surface area (Å²) in [7, 11) is 0. The van der Waals surface area contributed by atoms with Crippen molar-refractivity contribution in [1.29, 1.82) is 0 Å². The molecule has 0 aliphatic heterocycles. The average molecular weight is 270 g/mol. The van der Waals surface area contributed by atoms with Crippen LogP contribution in [0, 0.1) is 0 Å². The van der Waals surface area contributed by atoms with Gasteiger partial charge in [0.1, 0.15) is 5.69 Å². The number of anilines is 1. The Kier molecular flexibility index (Phi) is 4.68. The lowest BCUT2D eigenvalue weighted by molar-refractivity contribution is 0.0995. The summed E-state index contributed by atoms with van der Waals surface area (Å²) in [4.78, 5) is 14.9. The molecular formula is C15H18N4O. The van der Waals surface area contributed by atoms with Gasteiger partial charge in [-0.2, -0.15) is 0 Å². The normalized spacial score (nSPS) is 10.2. The minimum atomic E-state index is -0.528. The lowest BCUT2D eigenvalue weighted by Gasteiger charge is -2.08. The van der Waals surface area contributed by atoms with Crippen LogP contribution in [0.4, 0.5) is 5.69 Å². The molecular weight excluding hydrogens is 252 g/mol. The third-order valence-electron chi connectivity index (χ3n) is 2.97. The number of carbonyl (C=O) groups is 1. The number of nitrogens with one attached hydrogen (secondary N) is 1. The molecule has 0 unspecified atom stereocenters. The minimum Gasteiger partial charge on any atom is -0.381 e. The van der Waals surface area contributed by atoms with Gasteiger partial charge in [-0.15, -0.1) is 0 Å². The fourth-order valence-corrected chi connectivity index (χ4v) is 1.87. The van der Waals surface area contributed by atoms with Crippen molar-refractivity contribution in [3.63, 3.8) is 0 Å². The van der Waals surface area contributed by atoms with Crippen molar-refractivity contribution < 1.29 is 4.79 Å². The van der Waals surface area contributed by atoms with Gasteiger partial charge in [0.05, 0.1) is 0 Å². The second-order valence-corrected chi connectivity index (χ2v) is 4.50. The SMILES string of the molecule is NCCc1ccc(CNc2ccnc(C(N)=O)c2)cc1. The Morgan fingerprint density at radius 3 is 2.50 bits per heavy atom. The average Bonchev–Trinajstić information content (AvgIpc) is 2.47. The van der Waals surface area contributed by atoms with E-state index in [4.69, 9.17) is 11.5 Å². The Balaban J connectivity index is 1.97. The molecule has 0 saturated heterocycles. The topological polar surface area (TPSA) is 94.0 Å². The van der Waals surface area contributed by atoms with Gasteiger partial charge in [-0.1, -0.05) is 24.3 Å². The van der Waals surface area contributed by atoms with Crippen LogP contribution in [0.1, 0.15) is 21.6 Å². The lowest BCUT2D eigenvalue weighted by atomic mass is 10.1. The Labute approximate surface area is 118 Å². The third kappa shape index (κ3) is 3.80. The smallest absolute Gasteiger partial charge is 0.267 e. The number of primary amides is 1. The lowest BCUT2D eigenvalue weighted by Crippen LogP contribution is -2.13. The van der Waals surface area contributed by atoms with E-state index in [-0.39, 0.29) is 5.69 Å². The summed E-state index contributed by atoms with van der Waals surface area (Å²) >= 11 is 0. The summed E-state index contributed by atoms with van der Waals surface area (Å²) in [5.74, 6) is -0.528. The number of rotatable bonds is 6. The van der Waals surface area contributed by atoms with E-state index in [0.29, 0.717) is 13.1 Å². The number of pyridine rings is 1. The molecule has 0 aliphatic carbocycles. The van der Waals surface area contributed by atoms with Crippen molar-refractivity contribution in [2.75, 3.05) is 11.9 Å². The number of hydrogen-bond donors (Lipinski definition) is 3. The molecule has 0 spiro atoms. The summed E-state index contributed by atoms with van der Waals surface area (Å²) in [6.45, 7) is 1.33. The van der Waals surface area contributed by atoms with Crippen LogP contribution in [0.5, 0.6) is 0 Å². The van der Waals surface area contributed by atoms with Gasteiger partial charge in [0.2, 0.25) is 0 Å². The molecule has 0 fully saturated rings. The van der Waals surface area contributed by atoms with Gasteiger partial charge < -0.3 is 16.8 Å². The maximum Gasteiger partial charge on any atom is 0.267 e. The largest absolute Gasteiger partial charge is 0.381 e. The molecule has 0 aliphatic rings. The highest BCUT2D eigenvalue weighted by Gasteiger charge is 2.02. The van der Waals surface area contributed by atoms with Crippen LogP contribution in [0.15, 0.2) is 42.6 Å². The van der Waals surface area contributed by atoms with Gasteiger partial charge in [0, 0.05) is 18.4 Å². The van der Waals surface area contributed by atoms with Gasteiger partial charge in [0.25, 0.3) is 5.91 Å². The zero-order valence-corrected chi connectivity index (χ0v) is 11.2. The molecule has 5 heteroatoms. The monoisotopic (exact) mass is 270 g/mol. The van der Waals surface area contributed by atoms with Gasteiger partial charge in [-0.3, -0.25) is 9.78 Å². The summed E-state index contributed by atoms with van der Waals surface area (Å²) in [6, 6.07) is 11.7. The van der Waals surface area contributed by atoms with Crippen LogP contribution < -0.4 is 16.8 Å². The fourth-order valence-electron chi connectivity index (χ4n) is 1.87.